The van der Waals surface area contributed by atoms with Crippen LogP contribution in [0.5, 0.6) is 5.75 Å². The summed E-state index contributed by atoms with van der Waals surface area (Å²) in [5.41, 5.74) is 0. The van der Waals surface area contributed by atoms with Crippen LogP contribution in [-0.4, -0.2) is 27.8 Å². The Morgan fingerprint density at radius 3 is 2.38 bits per heavy atom. The average molecular weight is 356 g/mol. The number of hydrogen-bond acceptors (Lipinski definition) is 4. The van der Waals surface area contributed by atoms with Crippen LogP contribution in [0.25, 0.3) is 0 Å². The molecule has 0 aliphatic carbocycles. The van der Waals surface area contributed by atoms with Crippen molar-refractivity contribution in [3.8, 4) is 5.75 Å². The van der Waals surface area contributed by atoms with E-state index in [4.69, 9.17) is 11.6 Å². The van der Waals surface area contributed by atoms with Crippen molar-refractivity contribution < 1.29 is 39.9 Å². The third kappa shape index (κ3) is 5.99. The molecule has 0 saturated carbocycles. The van der Waals surface area contributed by atoms with E-state index in [1.165, 1.54) is 4.89 Å². The van der Waals surface area contributed by atoms with Gasteiger partial charge in [0.15, 0.2) is 6.61 Å². The molecule has 0 radical (unpaired) electrons. The maximum Gasteiger partial charge on any atom is 0.413 e. The minimum atomic E-state index is -4.73. The predicted octanol–water partition coefficient (Wildman–Crippen LogP) is 2.71. The molecule has 12 heteroatoms. The van der Waals surface area contributed by atoms with E-state index in [9.17, 15) is 30.4 Å². The first-order valence-corrected chi connectivity index (χ1v) is 6.82. The molecule has 0 fully saturated rings. The number of ether oxygens (including phenoxy) is 1. The first kappa shape index (κ1) is 17.9. The highest BCUT2D eigenvalue weighted by atomic mass is 35.5. The third-order valence-corrected chi connectivity index (χ3v) is 3.34. The van der Waals surface area contributed by atoms with Crippen LogP contribution >= 0.6 is 11.6 Å². The normalized spacial score (nSPS) is 12.7. The molecule has 0 saturated heterocycles. The Morgan fingerprint density at radius 2 is 1.90 bits per heavy atom. The number of nitrogens with one attached hydrogen (secondary N) is 1. The second-order valence-electron chi connectivity index (χ2n) is 3.46. The molecule has 1 rings (SSSR count). The van der Waals surface area contributed by atoms with Crippen LogP contribution in [0.1, 0.15) is 0 Å². The van der Waals surface area contributed by atoms with Crippen molar-refractivity contribution in [3.05, 3.63) is 23.2 Å². The maximum atomic E-state index is 12.0. The van der Waals surface area contributed by atoms with Gasteiger partial charge in [0.2, 0.25) is 0 Å². The second kappa shape index (κ2) is 6.73. The van der Waals surface area contributed by atoms with Gasteiger partial charge in [0.25, 0.3) is 10.0 Å². The lowest BCUT2D eigenvalue weighted by Crippen LogP contribution is -2.29. The zero-order valence-electron chi connectivity index (χ0n) is 9.83. The molecule has 0 aliphatic heterocycles. The molecule has 120 valence electrons. The van der Waals surface area contributed by atoms with Crippen molar-refractivity contribution in [1.29, 1.82) is 0 Å². The lowest BCUT2D eigenvalue weighted by Gasteiger charge is -2.11. The first-order chi connectivity index (χ1) is 9.51. The summed E-state index contributed by atoms with van der Waals surface area (Å²) in [5, 5.41) is -0.464. The Kier molecular flexibility index (Phi) is 5.73. The molecule has 5 nitrogen and oxygen atoms in total. The lowest BCUT2D eigenvalue weighted by atomic mass is 10.3. The van der Waals surface area contributed by atoms with Crippen LogP contribution in [0, 0.1) is 0 Å². The Morgan fingerprint density at radius 1 is 1.29 bits per heavy atom. The van der Waals surface area contributed by atoms with Gasteiger partial charge in [-0.15, -0.1) is 0 Å². The van der Waals surface area contributed by atoms with Gasteiger partial charge in [0, 0.05) is 0 Å². The van der Waals surface area contributed by atoms with E-state index < -0.39 is 45.1 Å². The Hall–Kier alpha value is -1.17. The van der Waals surface area contributed by atoms with Crippen LogP contribution in [-0.2, 0) is 14.9 Å². The van der Waals surface area contributed by atoms with Crippen molar-refractivity contribution in [2.75, 3.05) is 6.61 Å². The van der Waals surface area contributed by atoms with Crippen LogP contribution in [0.15, 0.2) is 23.1 Å². The summed E-state index contributed by atoms with van der Waals surface area (Å²) >= 11 is 5.51. The summed E-state index contributed by atoms with van der Waals surface area (Å²) in [4.78, 5) is 4.43. The van der Waals surface area contributed by atoms with Gasteiger partial charge in [-0.3, -0.25) is 4.84 Å². The smallest absolute Gasteiger partial charge is 0.413 e. The molecule has 0 unspecified atom stereocenters. The first-order valence-electron chi connectivity index (χ1n) is 4.96. The van der Waals surface area contributed by atoms with Gasteiger partial charge in [-0.05, 0) is 18.2 Å². The molecule has 0 bridgehead atoms. The molecule has 21 heavy (non-hydrogen) atoms. The van der Waals surface area contributed by atoms with E-state index in [1.54, 1.807) is 0 Å². The molecule has 1 N–H and O–H groups in total. The Balaban J connectivity index is 2.82. The fourth-order valence-corrected chi connectivity index (χ4v) is 2.20. The number of alkyl halides is 5. The van der Waals surface area contributed by atoms with E-state index in [2.05, 4.69) is 9.57 Å². The molecule has 1 aromatic rings. The van der Waals surface area contributed by atoms with Gasteiger partial charge in [0.05, 0.1) is 9.92 Å². The predicted molar refractivity (Wildman–Crippen MR) is 60.4 cm³/mol. The van der Waals surface area contributed by atoms with Crippen LogP contribution in [0.4, 0.5) is 22.0 Å². The van der Waals surface area contributed by atoms with Crippen LogP contribution < -0.4 is 9.62 Å². The number of benzene rings is 1. The monoisotopic (exact) mass is 355 g/mol. The molecular weight excluding hydrogens is 349 g/mol. The zero-order valence-corrected chi connectivity index (χ0v) is 11.4. The number of hydrogen-bond donors (Lipinski definition) is 1. The zero-order chi connectivity index (χ0) is 16.3. The highest BCUT2D eigenvalue weighted by molar-refractivity contribution is 7.89. The number of rotatable bonds is 6. The molecule has 0 spiro atoms. The highest BCUT2D eigenvalue weighted by Gasteiger charge is 2.29. The fourth-order valence-electron chi connectivity index (χ4n) is 1.08. The standard InChI is InChI=1S/C9H7ClF5NO4S/c10-6-3-5(1-2-7(6)20-8(11)12)21(17,18)16-19-4-9(13,14)15/h1-3,8,16H,4H2. The maximum absolute atomic E-state index is 12.0. The number of sulfonamides is 1. The topological polar surface area (TPSA) is 64.6 Å². The van der Waals surface area contributed by atoms with Crippen molar-refractivity contribution in [3.63, 3.8) is 0 Å². The van der Waals surface area contributed by atoms with Crippen LogP contribution in [0.2, 0.25) is 5.02 Å². The van der Waals surface area contributed by atoms with Crippen molar-refractivity contribution in [2.24, 2.45) is 0 Å². The van der Waals surface area contributed by atoms with Crippen molar-refractivity contribution >= 4 is 21.6 Å². The van der Waals surface area contributed by atoms with Gasteiger partial charge in [-0.2, -0.15) is 22.0 Å². The fraction of sp³-hybridized carbons (Fsp3) is 0.333. The summed E-state index contributed by atoms with van der Waals surface area (Å²) < 4.78 is 86.4. The molecule has 0 amide bonds. The van der Waals surface area contributed by atoms with E-state index in [0.717, 1.165) is 18.2 Å². The van der Waals surface area contributed by atoms with Gasteiger partial charge in [0.1, 0.15) is 5.75 Å². The minimum Gasteiger partial charge on any atom is -0.433 e. The van der Waals surface area contributed by atoms with E-state index in [1.807, 2.05) is 0 Å². The minimum absolute atomic E-state index is 0.464. The summed E-state index contributed by atoms with van der Waals surface area (Å²) in [6, 6.07) is 2.36. The third-order valence-electron chi connectivity index (χ3n) is 1.83. The van der Waals surface area contributed by atoms with Gasteiger partial charge >= 0.3 is 12.8 Å². The largest absolute Gasteiger partial charge is 0.433 e. The van der Waals surface area contributed by atoms with Crippen LogP contribution in [0.3, 0.4) is 0 Å². The summed E-state index contributed by atoms with van der Waals surface area (Å²) in [7, 11) is -4.45. The quantitative estimate of drug-likeness (QED) is 0.629. The molecule has 1 aromatic carbocycles. The Bertz CT molecular complexity index is 592. The lowest BCUT2D eigenvalue weighted by molar-refractivity contribution is -0.181. The van der Waals surface area contributed by atoms with E-state index in [-0.39, 0.29) is 0 Å². The van der Waals surface area contributed by atoms with Crippen molar-refractivity contribution in [1.82, 2.24) is 4.89 Å². The van der Waals surface area contributed by atoms with Crippen molar-refractivity contribution in [2.45, 2.75) is 17.7 Å². The summed E-state index contributed by atoms with van der Waals surface area (Å²) in [6.45, 7) is -5.01. The van der Waals surface area contributed by atoms with Gasteiger partial charge < -0.3 is 4.74 Å². The number of halogens is 6. The summed E-state index contributed by atoms with van der Waals surface area (Å²) in [5.74, 6) is -0.484. The average Bonchev–Trinajstić information content (AvgIpc) is 2.29. The SMILES string of the molecule is O=S(=O)(NOCC(F)(F)F)c1ccc(OC(F)F)c(Cl)c1. The molecule has 0 aromatic heterocycles. The molecule has 0 heterocycles. The van der Waals surface area contributed by atoms with E-state index >= 15 is 0 Å². The van der Waals surface area contributed by atoms with E-state index in [0.29, 0.717) is 0 Å². The molecular formula is C9H7ClF5NO4S. The Labute approximate surface area is 120 Å². The molecule has 0 aliphatic rings. The summed E-state index contributed by atoms with van der Waals surface area (Å²) in [6.07, 6.45) is -4.73. The highest BCUT2D eigenvalue weighted by Crippen LogP contribution is 2.28. The second-order valence-corrected chi connectivity index (χ2v) is 5.51. The molecule has 0 atom stereocenters. The van der Waals surface area contributed by atoms with Gasteiger partial charge in [-0.25, -0.2) is 8.42 Å². The van der Waals surface area contributed by atoms with Gasteiger partial charge in [-0.1, -0.05) is 16.5 Å².